The first-order chi connectivity index (χ1) is 16.9. The maximum Gasteiger partial charge on any atom is 0.422 e. The van der Waals surface area contributed by atoms with E-state index in [1.165, 1.54) is 25.1 Å². The molecule has 3 aromatic rings. The quantitative estimate of drug-likeness (QED) is 0.412. The number of rotatable bonds is 8. The van der Waals surface area contributed by atoms with Crippen molar-refractivity contribution in [3.05, 3.63) is 71.2 Å². The second-order valence-corrected chi connectivity index (χ2v) is 7.77. The van der Waals surface area contributed by atoms with Crippen LogP contribution >= 0.6 is 0 Å². The largest absolute Gasteiger partial charge is 0.468 e. The number of hydrogen-bond acceptors (Lipinski definition) is 6. The third-order valence-electron chi connectivity index (χ3n) is 4.62. The number of carbonyl (C=O) groups is 2. The van der Waals surface area contributed by atoms with E-state index in [9.17, 15) is 27.2 Å². The highest BCUT2D eigenvalue weighted by Crippen LogP contribution is 2.28. The summed E-state index contributed by atoms with van der Waals surface area (Å²) < 4.78 is 61.1. The van der Waals surface area contributed by atoms with Gasteiger partial charge in [-0.15, -0.1) is 0 Å². The number of pyridine rings is 2. The van der Waals surface area contributed by atoms with Gasteiger partial charge in [0, 0.05) is 18.7 Å². The summed E-state index contributed by atoms with van der Waals surface area (Å²) in [4.78, 5) is 32.5. The minimum atomic E-state index is -4.59. The summed E-state index contributed by atoms with van der Waals surface area (Å²) in [5.41, 5.74) is 1.14. The Bertz CT molecular complexity index is 1250. The van der Waals surface area contributed by atoms with Crippen LogP contribution in [0.2, 0.25) is 0 Å². The van der Waals surface area contributed by atoms with Crippen molar-refractivity contribution in [1.29, 1.82) is 0 Å². The highest BCUT2D eigenvalue weighted by atomic mass is 19.4. The van der Waals surface area contributed by atoms with Crippen LogP contribution in [0.4, 0.5) is 23.4 Å². The first-order valence-electron chi connectivity index (χ1n) is 10.6. The predicted octanol–water partition coefficient (Wildman–Crippen LogP) is 5.11. The molecule has 0 aliphatic heterocycles. The third-order valence-corrected chi connectivity index (χ3v) is 4.62. The Morgan fingerprint density at radius 2 is 1.75 bits per heavy atom. The molecule has 36 heavy (non-hydrogen) atoms. The van der Waals surface area contributed by atoms with Gasteiger partial charge in [0.1, 0.15) is 22.9 Å². The summed E-state index contributed by atoms with van der Waals surface area (Å²) in [6, 6.07) is 9.83. The van der Waals surface area contributed by atoms with Crippen LogP contribution in [-0.2, 0) is 4.79 Å². The van der Waals surface area contributed by atoms with Crippen molar-refractivity contribution < 1.29 is 36.6 Å². The highest BCUT2D eigenvalue weighted by Gasteiger charge is 2.29. The Hall–Kier alpha value is -4.22. The molecule has 1 unspecified atom stereocenters. The monoisotopic (exact) mass is 506 g/mol. The van der Waals surface area contributed by atoms with Gasteiger partial charge in [-0.2, -0.15) is 18.2 Å². The lowest BCUT2D eigenvalue weighted by Crippen LogP contribution is -2.27. The zero-order valence-electron chi connectivity index (χ0n) is 19.4. The maximum atomic E-state index is 13.3. The van der Waals surface area contributed by atoms with E-state index in [-0.39, 0.29) is 23.1 Å². The normalized spacial score (nSPS) is 12.0. The Kier molecular flexibility index (Phi) is 8.07. The van der Waals surface area contributed by atoms with Crippen LogP contribution in [0.5, 0.6) is 17.5 Å². The number of halogens is 4. The molecule has 0 aliphatic carbocycles. The van der Waals surface area contributed by atoms with E-state index < -0.39 is 36.4 Å². The summed E-state index contributed by atoms with van der Waals surface area (Å²) in [7, 11) is 0. The van der Waals surface area contributed by atoms with E-state index in [0.717, 1.165) is 18.2 Å². The van der Waals surface area contributed by atoms with E-state index in [2.05, 4.69) is 25.3 Å². The Morgan fingerprint density at radius 1 is 1.06 bits per heavy atom. The van der Waals surface area contributed by atoms with Crippen molar-refractivity contribution in [3.8, 4) is 17.5 Å². The smallest absolute Gasteiger partial charge is 0.422 e. The highest BCUT2D eigenvalue weighted by molar-refractivity contribution is 5.96. The molecule has 3 rings (SSSR count). The van der Waals surface area contributed by atoms with Gasteiger partial charge in [0.05, 0.1) is 6.04 Å². The SMILES string of the molecule is CC(=O)Nc1cc(C(C)NC(=O)c2ccc(OCC(F)(F)F)nc2Oc2ccc(F)cc2)cc(C)n1. The van der Waals surface area contributed by atoms with Crippen molar-refractivity contribution in [3.63, 3.8) is 0 Å². The molecule has 2 amide bonds. The van der Waals surface area contributed by atoms with Crippen LogP contribution < -0.4 is 20.1 Å². The molecular weight excluding hydrogens is 484 g/mol. The first kappa shape index (κ1) is 26.4. The standard InChI is InChI=1S/C24H22F4N4O4/c1-13-10-16(11-20(29-13)31-15(3)33)14(2)30-22(34)19-8-9-21(35-12-24(26,27)28)32-23(19)36-18-6-4-17(25)5-7-18/h4-11,14H,12H2,1-3H3,(H,30,34)(H,29,31,33). The van der Waals surface area contributed by atoms with Crippen LogP contribution in [0.3, 0.4) is 0 Å². The van der Waals surface area contributed by atoms with Gasteiger partial charge in [-0.05, 0) is 61.9 Å². The molecule has 0 radical (unpaired) electrons. The van der Waals surface area contributed by atoms with E-state index >= 15 is 0 Å². The van der Waals surface area contributed by atoms with Gasteiger partial charge in [-0.3, -0.25) is 9.59 Å². The first-order valence-corrected chi connectivity index (χ1v) is 10.6. The number of amides is 2. The van der Waals surface area contributed by atoms with Gasteiger partial charge in [0.2, 0.25) is 17.7 Å². The Balaban J connectivity index is 1.87. The number of anilines is 1. The minimum absolute atomic E-state index is 0.0987. The molecule has 2 aromatic heterocycles. The number of ether oxygens (including phenoxy) is 2. The predicted molar refractivity (Wildman–Crippen MR) is 121 cm³/mol. The maximum absolute atomic E-state index is 13.3. The molecule has 12 heteroatoms. The zero-order valence-corrected chi connectivity index (χ0v) is 19.4. The molecule has 1 aromatic carbocycles. The van der Waals surface area contributed by atoms with Crippen molar-refractivity contribution in [1.82, 2.24) is 15.3 Å². The second-order valence-electron chi connectivity index (χ2n) is 7.77. The molecule has 1 atom stereocenters. The van der Waals surface area contributed by atoms with Crippen LogP contribution in [-0.4, -0.2) is 34.6 Å². The van der Waals surface area contributed by atoms with E-state index in [4.69, 9.17) is 4.74 Å². The van der Waals surface area contributed by atoms with Crippen LogP contribution in [0, 0.1) is 12.7 Å². The van der Waals surface area contributed by atoms with Gasteiger partial charge < -0.3 is 20.1 Å². The lowest BCUT2D eigenvalue weighted by Gasteiger charge is -2.18. The molecule has 8 nitrogen and oxygen atoms in total. The van der Waals surface area contributed by atoms with Crippen molar-refractivity contribution in [2.24, 2.45) is 0 Å². The molecule has 2 heterocycles. The summed E-state index contributed by atoms with van der Waals surface area (Å²) in [5.74, 6) is -1.83. The van der Waals surface area contributed by atoms with Crippen LogP contribution in [0.25, 0.3) is 0 Å². The summed E-state index contributed by atoms with van der Waals surface area (Å²) in [6.45, 7) is 3.17. The van der Waals surface area contributed by atoms with Crippen molar-refractivity contribution >= 4 is 17.6 Å². The number of nitrogens with one attached hydrogen (secondary N) is 2. The molecule has 0 saturated heterocycles. The number of carbonyl (C=O) groups excluding carboxylic acids is 2. The average molecular weight is 506 g/mol. The van der Waals surface area contributed by atoms with Crippen LogP contribution in [0.15, 0.2) is 48.5 Å². The molecule has 0 spiro atoms. The second kappa shape index (κ2) is 11.0. The third kappa shape index (κ3) is 7.65. The van der Waals surface area contributed by atoms with Gasteiger partial charge >= 0.3 is 6.18 Å². The van der Waals surface area contributed by atoms with Gasteiger partial charge in [-0.25, -0.2) is 9.37 Å². The molecule has 0 fully saturated rings. The number of hydrogen-bond donors (Lipinski definition) is 2. The Labute approximate surface area is 203 Å². The van der Waals surface area contributed by atoms with Gasteiger partial charge in [-0.1, -0.05) is 0 Å². The molecule has 0 bridgehead atoms. The molecule has 2 N–H and O–H groups in total. The van der Waals surface area contributed by atoms with Crippen molar-refractivity contribution in [2.75, 3.05) is 11.9 Å². The fraction of sp³-hybridized carbons (Fsp3) is 0.250. The van der Waals surface area contributed by atoms with Crippen LogP contribution in [0.1, 0.15) is 41.5 Å². The van der Waals surface area contributed by atoms with Gasteiger partial charge in [0.15, 0.2) is 6.61 Å². The molecule has 190 valence electrons. The summed E-state index contributed by atoms with van der Waals surface area (Å²) in [5, 5.41) is 5.33. The number of nitrogens with zero attached hydrogens (tertiary/aromatic N) is 2. The number of benzene rings is 1. The van der Waals surface area contributed by atoms with E-state index in [0.29, 0.717) is 17.1 Å². The van der Waals surface area contributed by atoms with E-state index in [1.54, 1.807) is 26.0 Å². The minimum Gasteiger partial charge on any atom is -0.468 e. The molecule has 0 aliphatic rings. The van der Waals surface area contributed by atoms with Gasteiger partial charge in [0.25, 0.3) is 5.91 Å². The molecular formula is C24H22F4N4O4. The van der Waals surface area contributed by atoms with E-state index in [1.807, 2.05) is 0 Å². The fourth-order valence-electron chi connectivity index (χ4n) is 3.07. The lowest BCUT2D eigenvalue weighted by molar-refractivity contribution is -0.154. The zero-order chi connectivity index (χ0) is 26.5. The number of alkyl halides is 3. The Morgan fingerprint density at radius 3 is 2.39 bits per heavy atom. The topological polar surface area (TPSA) is 102 Å². The average Bonchev–Trinajstić information content (AvgIpc) is 2.78. The summed E-state index contributed by atoms with van der Waals surface area (Å²) in [6.07, 6.45) is -4.59. The summed E-state index contributed by atoms with van der Waals surface area (Å²) >= 11 is 0. The fourth-order valence-corrected chi connectivity index (χ4v) is 3.07. The number of aromatic nitrogens is 2. The van der Waals surface area contributed by atoms with Crippen molar-refractivity contribution in [2.45, 2.75) is 33.0 Å². The molecule has 0 saturated carbocycles. The lowest BCUT2D eigenvalue weighted by atomic mass is 10.1. The number of aryl methyl sites for hydroxylation is 1.